The first kappa shape index (κ1) is 19.6. The van der Waals surface area contributed by atoms with Gasteiger partial charge < -0.3 is 14.8 Å². The molecule has 1 aromatic heterocycles. The van der Waals surface area contributed by atoms with E-state index in [1.54, 1.807) is 0 Å². The molecule has 1 fully saturated rings. The molecule has 0 aliphatic carbocycles. The molecule has 1 aliphatic rings. The van der Waals surface area contributed by atoms with Crippen LogP contribution in [0.3, 0.4) is 0 Å². The first-order chi connectivity index (χ1) is 13.1. The van der Waals surface area contributed by atoms with Gasteiger partial charge in [-0.3, -0.25) is 9.59 Å². The van der Waals surface area contributed by atoms with Gasteiger partial charge in [0.05, 0.1) is 5.56 Å². The average molecular weight is 370 g/mol. The van der Waals surface area contributed by atoms with Crippen molar-refractivity contribution >= 4 is 22.6 Å². The van der Waals surface area contributed by atoms with Gasteiger partial charge in [0.2, 0.25) is 0 Å². The van der Waals surface area contributed by atoms with Crippen molar-refractivity contribution in [2.75, 3.05) is 26.2 Å². The van der Waals surface area contributed by atoms with Gasteiger partial charge in [-0.15, -0.1) is 0 Å². The minimum Gasteiger partial charge on any atom is -0.349 e. The summed E-state index contributed by atoms with van der Waals surface area (Å²) in [5.41, 5.74) is 1.51. The fraction of sp³-hybridized carbons (Fsp3) is 0.545. The molecule has 2 heterocycles. The minimum atomic E-state index is -0.499. The van der Waals surface area contributed by atoms with Crippen molar-refractivity contribution in [1.29, 1.82) is 0 Å². The lowest BCUT2D eigenvalue weighted by Gasteiger charge is -2.26. The number of carbonyl (C=O) groups excluding carboxylic acids is 2. The maximum atomic E-state index is 12.7. The molecule has 5 heteroatoms. The second kappa shape index (κ2) is 9.18. The van der Waals surface area contributed by atoms with Crippen LogP contribution in [0.1, 0.15) is 49.9 Å². The first-order valence-corrected chi connectivity index (χ1v) is 10.2. The molecular formula is C22H31N3O2. The molecular weight excluding hydrogens is 338 g/mol. The van der Waals surface area contributed by atoms with E-state index in [1.165, 1.54) is 19.3 Å². The third kappa shape index (κ3) is 4.98. The van der Waals surface area contributed by atoms with E-state index < -0.39 is 11.7 Å². The van der Waals surface area contributed by atoms with E-state index >= 15 is 0 Å². The molecule has 3 rings (SSSR count). The van der Waals surface area contributed by atoms with E-state index in [-0.39, 0.29) is 0 Å². The Morgan fingerprint density at radius 3 is 2.59 bits per heavy atom. The number of nitrogens with one attached hydrogen (secondary N) is 1. The van der Waals surface area contributed by atoms with Gasteiger partial charge in [0.25, 0.3) is 11.7 Å². The molecule has 1 saturated heterocycles. The summed E-state index contributed by atoms with van der Waals surface area (Å²) in [7, 11) is 0. The van der Waals surface area contributed by atoms with Crippen molar-refractivity contribution in [2.24, 2.45) is 5.92 Å². The second-order valence-electron chi connectivity index (χ2n) is 7.95. The van der Waals surface area contributed by atoms with Crippen LogP contribution in [0.4, 0.5) is 0 Å². The normalized spacial score (nSPS) is 15.4. The zero-order chi connectivity index (χ0) is 19.2. The molecule has 5 nitrogen and oxygen atoms in total. The Bertz CT molecular complexity index is 788. The highest BCUT2D eigenvalue weighted by atomic mass is 16.2. The molecule has 27 heavy (non-hydrogen) atoms. The predicted molar refractivity (Wildman–Crippen MR) is 109 cm³/mol. The summed E-state index contributed by atoms with van der Waals surface area (Å²) in [6.45, 7) is 8.96. The maximum absolute atomic E-state index is 12.7. The average Bonchev–Trinajstić information content (AvgIpc) is 3.03. The fourth-order valence-corrected chi connectivity index (χ4v) is 3.86. The number of carbonyl (C=O) groups is 2. The molecule has 0 atom stereocenters. The van der Waals surface area contributed by atoms with Crippen molar-refractivity contribution in [3.63, 3.8) is 0 Å². The van der Waals surface area contributed by atoms with E-state index in [4.69, 9.17) is 0 Å². The molecule has 1 aliphatic heterocycles. The van der Waals surface area contributed by atoms with Gasteiger partial charge in [-0.25, -0.2) is 0 Å². The third-order valence-corrected chi connectivity index (χ3v) is 5.19. The Morgan fingerprint density at radius 2 is 1.85 bits per heavy atom. The van der Waals surface area contributed by atoms with Gasteiger partial charge in [-0.1, -0.05) is 38.5 Å². The first-order valence-electron chi connectivity index (χ1n) is 10.2. The van der Waals surface area contributed by atoms with E-state index in [0.717, 1.165) is 43.5 Å². The van der Waals surface area contributed by atoms with Crippen molar-refractivity contribution in [1.82, 2.24) is 14.8 Å². The monoisotopic (exact) mass is 369 g/mol. The van der Waals surface area contributed by atoms with E-state index in [2.05, 4.69) is 28.6 Å². The number of para-hydroxylation sites is 1. The Kier molecular flexibility index (Phi) is 6.67. The molecule has 1 N–H and O–H groups in total. The highest BCUT2D eigenvalue weighted by Gasteiger charge is 2.21. The maximum Gasteiger partial charge on any atom is 0.292 e. The predicted octanol–water partition coefficient (Wildman–Crippen LogP) is 3.47. The number of amides is 1. The zero-order valence-corrected chi connectivity index (χ0v) is 16.5. The van der Waals surface area contributed by atoms with Gasteiger partial charge >= 0.3 is 0 Å². The van der Waals surface area contributed by atoms with Gasteiger partial charge in [-0.05, 0) is 50.9 Å². The Labute approximate surface area is 161 Å². The van der Waals surface area contributed by atoms with Crippen molar-refractivity contribution in [3.05, 3.63) is 36.0 Å². The van der Waals surface area contributed by atoms with Gasteiger partial charge in [0.15, 0.2) is 0 Å². The smallest absolute Gasteiger partial charge is 0.292 e. The number of nitrogens with zero attached hydrogens (tertiary/aromatic N) is 2. The lowest BCUT2D eigenvalue weighted by Crippen LogP contribution is -2.35. The summed E-state index contributed by atoms with van der Waals surface area (Å²) in [6.07, 6.45) is 6.58. The Balaban J connectivity index is 1.60. The van der Waals surface area contributed by atoms with Crippen molar-refractivity contribution < 1.29 is 9.59 Å². The van der Waals surface area contributed by atoms with Crippen LogP contribution in [0, 0.1) is 5.92 Å². The number of rotatable bonds is 8. The molecule has 2 aromatic rings. The Morgan fingerprint density at radius 1 is 1.11 bits per heavy atom. The summed E-state index contributed by atoms with van der Waals surface area (Å²) in [5, 5.41) is 3.66. The zero-order valence-electron chi connectivity index (χ0n) is 16.5. The summed E-state index contributed by atoms with van der Waals surface area (Å²) >= 11 is 0. The quantitative estimate of drug-likeness (QED) is 0.440. The van der Waals surface area contributed by atoms with Crippen molar-refractivity contribution in [3.8, 4) is 0 Å². The standard InChI is InChI=1S/C22H31N3O2/c1-17(2)15-25-16-19(18-9-4-5-10-20(18)25)21(26)22(27)23-11-8-14-24-12-6-3-7-13-24/h4-5,9-10,16-17H,3,6-8,11-15H2,1-2H3,(H,23,27). The minimum absolute atomic E-state index is 0.438. The largest absolute Gasteiger partial charge is 0.349 e. The number of ketones is 1. The molecule has 0 bridgehead atoms. The summed E-state index contributed by atoms with van der Waals surface area (Å²) in [4.78, 5) is 27.5. The lowest BCUT2D eigenvalue weighted by molar-refractivity contribution is -0.117. The SMILES string of the molecule is CC(C)Cn1cc(C(=O)C(=O)NCCCN2CCCCC2)c2ccccc21. The highest BCUT2D eigenvalue weighted by molar-refractivity contribution is 6.45. The summed E-state index contributed by atoms with van der Waals surface area (Å²) in [5.74, 6) is -0.472. The van der Waals surface area contributed by atoms with Gasteiger partial charge in [0, 0.05) is 30.2 Å². The van der Waals surface area contributed by atoms with Crippen LogP contribution in [0.5, 0.6) is 0 Å². The summed E-state index contributed by atoms with van der Waals surface area (Å²) < 4.78 is 2.08. The van der Waals surface area contributed by atoms with Crippen LogP contribution in [-0.2, 0) is 11.3 Å². The lowest BCUT2D eigenvalue weighted by atomic mass is 10.1. The number of hydrogen-bond acceptors (Lipinski definition) is 3. The van der Waals surface area contributed by atoms with E-state index in [0.29, 0.717) is 18.0 Å². The topological polar surface area (TPSA) is 54.3 Å². The third-order valence-electron chi connectivity index (χ3n) is 5.19. The van der Waals surface area contributed by atoms with Crippen LogP contribution in [-0.4, -0.2) is 47.3 Å². The molecule has 0 unspecified atom stereocenters. The van der Waals surface area contributed by atoms with Crippen LogP contribution in [0.15, 0.2) is 30.5 Å². The van der Waals surface area contributed by atoms with Gasteiger partial charge in [0.1, 0.15) is 0 Å². The fourth-order valence-electron chi connectivity index (χ4n) is 3.86. The van der Waals surface area contributed by atoms with Gasteiger partial charge in [-0.2, -0.15) is 0 Å². The van der Waals surface area contributed by atoms with Crippen LogP contribution in [0.25, 0.3) is 10.9 Å². The number of fused-ring (bicyclic) bond motifs is 1. The molecule has 0 radical (unpaired) electrons. The number of hydrogen-bond donors (Lipinski definition) is 1. The van der Waals surface area contributed by atoms with Crippen molar-refractivity contribution in [2.45, 2.75) is 46.1 Å². The number of aromatic nitrogens is 1. The molecule has 0 spiro atoms. The molecule has 146 valence electrons. The van der Waals surface area contributed by atoms with Crippen LogP contribution < -0.4 is 5.32 Å². The van der Waals surface area contributed by atoms with Crippen LogP contribution in [0.2, 0.25) is 0 Å². The highest BCUT2D eigenvalue weighted by Crippen LogP contribution is 2.23. The van der Waals surface area contributed by atoms with E-state index in [9.17, 15) is 9.59 Å². The molecule has 1 aromatic carbocycles. The molecule has 0 saturated carbocycles. The number of likely N-dealkylation sites (tertiary alicyclic amines) is 1. The number of Topliss-reactive ketones (excluding diaryl/α,β-unsaturated/α-hetero) is 1. The van der Waals surface area contributed by atoms with Crippen LogP contribution >= 0.6 is 0 Å². The number of benzene rings is 1. The molecule has 1 amide bonds. The summed E-state index contributed by atoms with van der Waals surface area (Å²) in [6, 6.07) is 7.80. The second-order valence-corrected chi connectivity index (χ2v) is 7.95. The van der Waals surface area contributed by atoms with E-state index in [1.807, 2.05) is 30.5 Å². The number of piperidine rings is 1. The Hall–Kier alpha value is -2.14.